The molecule has 1 aromatic carbocycles. The van der Waals surface area contributed by atoms with Crippen LogP contribution in [0.4, 0.5) is 11.6 Å². The summed E-state index contributed by atoms with van der Waals surface area (Å²) in [5.41, 5.74) is 1.03. The van der Waals surface area contributed by atoms with Crippen molar-refractivity contribution in [1.82, 2.24) is 9.97 Å². The number of amides is 1. The molecule has 0 atom stereocenters. The third kappa shape index (κ3) is 4.67. The van der Waals surface area contributed by atoms with E-state index in [0.717, 1.165) is 25.1 Å². The molecule has 1 amide bonds. The highest BCUT2D eigenvalue weighted by atomic mass is 16.5. The lowest BCUT2D eigenvalue weighted by atomic mass is 10.3. The smallest absolute Gasteiger partial charge is 0.274 e. The molecular formula is C17H22N4O2. The van der Waals surface area contributed by atoms with Crippen molar-refractivity contribution in [2.45, 2.75) is 19.8 Å². The summed E-state index contributed by atoms with van der Waals surface area (Å²) in [6.45, 7) is 2.99. The molecule has 1 N–H and O–H groups in total. The summed E-state index contributed by atoms with van der Waals surface area (Å²) in [5, 5.41) is 2.82. The van der Waals surface area contributed by atoms with Crippen molar-refractivity contribution in [3.8, 4) is 5.75 Å². The highest BCUT2D eigenvalue weighted by Crippen LogP contribution is 2.16. The number of benzene rings is 1. The maximum Gasteiger partial charge on any atom is 0.274 e. The van der Waals surface area contributed by atoms with Crippen molar-refractivity contribution in [3.05, 3.63) is 42.2 Å². The molecule has 122 valence electrons. The molecule has 0 spiro atoms. The number of unbranched alkanes of at least 4 members (excludes halogenated alkanes) is 1. The van der Waals surface area contributed by atoms with Gasteiger partial charge in [0.25, 0.3) is 5.91 Å². The van der Waals surface area contributed by atoms with Crippen LogP contribution < -0.4 is 15.0 Å². The van der Waals surface area contributed by atoms with Gasteiger partial charge in [0.05, 0.1) is 7.11 Å². The Morgan fingerprint density at radius 3 is 2.65 bits per heavy atom. The predicted molar refractivity (Wildman–Crippen MR) is 91.2 cm³/mol. The maximum absolute atomic E-state index is 12.3. The highest BCUT2D eigenvalue weighted by molar-refractivity contribution is 6.02. The number of nitrogens with one attached hydrogen (secondary N) is 1. The van der Waals surface area contributed by atoms with E-state index in [4.69, 9.17) is 4.74 Å². The van der Waals surface area contributed by atoms with Gasteiger partial charge in [-0.2, -0.15) is 0 Å². The summed E-state index contributed by atoms with van der Waals surface area (Å²) in [5.74, 6) is 1.04. The Morgan fingerprint density at radius 2 is 2.00 bits per heavy atom. The molecule has 1 heterocycles. The lowest BCUT2D eigenvalue weighted by molar-refractivity contribution is 0.102. The van der Waals surface area contributed by atoms with E-state index < -0.39 is 0 Å². The Balaban J connectivity index is 2.06. The van der Waals surface area contributed by atoms with Crippen molar-refractivity contribution >= 4 is 17.5 Å². The normalized spacial score (nSPS) is 10.2. The Bertz CT molecular complexity index is 643. The van der Waals surface area contributed by atoms with Crippen molar-refractivity contribution in [3.63, 3.8) is 0 Å². The second-order valence-corrected chi connectivity index (χ2v) is 5.20. The first-order valence-electron chi connectivity index (χ1n) is 7.63. The van der Waals surface area contributed by atoms with E-state index in [0.29, 0.717) is 17.3 Å². The molecule has 2 rings (SSSR count). The lowest BCUT2D eigenvalue weighted by Crippen LogP contribution is -2.22. The molecule has 0 aliphatic rings. The monoisotopic (exact) mass is 314 g/mol. The average molecular weight is 314 g/mol. The molecule has 0 unspecified atom stereocenters. The summed E-state index contributed by atoms with van der Waals surface area (Å²) in [6, 6.07) is 8.76. The number of rotatable bonds is 7. The van der Waals surface area contributed by atoms with Gasteiger partial charge in [0, 0.05) is 25.5 Å². The van der Waals surface area contributed by atoms with Gasteiger partial charge in [-0.05, 0) is 36.8 Å². The first kappa shape index (κ1) is 16.7. The Morgan fingerprint density at radius 1 is 1.26 bits per heavy atom. The number of methoxy groups -OCH3 is 1. The Labute approximate surface area is 136 Å². The Kier molecular flexibility index (Phi) is 5.91. The first-order chi connectivity index (χ1) is 11.1. The van der Waals surface area contributed by atoms with E-state index in [1.165, 1.54) is 0 Å². The summed E-state index contributed by atoms with van der Waals surface area (Å²) in [7, 11) is 3.53. The number of hydrogen-bond acceptors (Lipinski definition) is 5. The molecule has 0 saturated heterocycles. The second kappa shape index (κ2) is 8.12. The summed E-state index contributed by atoms with van der Waals surface area (Å²) in [6.07, 6.45) is 3.76. The fourth-order valence-electron chi connectivity index (χ4n) is 2.02. The minimum Gasteiger partial charge on any atom is -0.497 e. The van der Waals surface area contributed by atoms with Crippen LogP contribution in [0.5, 0.6) is 5.75 Å². The molecular weight excluding hydrogens is 292 g/mol. The van der Waals surface area contributed by atoms with Crippen LogP contribution in [0.3, 0.4) is 0 Å². The van der Waals surface area contributed by atoms with Gasteiger partial charge in [0.1, 0.15) is 11.4 Å². The third-order valence-electron chi connectivity index (χ3n) is 3.41. The number of hydrogen-bond donors (Lipinski definition) is 1. The lowest BCUT2D eigenvalue weighted by Gasteiger charge is -2.16. The minimum absolute atomic E-state index is 0.261. The third-order valence-corrected chi connectivity index (χ3v) is 3.41. The van der Waals surface area contributed by atoms with Crippen molar-refractivity contribution in [2.75, 3.05) is 30.9 Å². The second-order valence-electron chi connectivity index (χ2n) is 5.20. The van der Waals surface area contributed by atoms with E-state index >= 15 is 0 Å². The van der Waals surface area contributed by atoms with Crippen LogP contribution in [0.1, 0.15) is 30.3 Å². The van der Waals surface area contributed by atoms with Crippen LogP contribution in [-0.4, -0.2) is 36.6 Å². The zero-order chi connectivity index (χ0) is 16.7. The van der Waals surface area contributed by atoms with E-state index in [2.05, 4.69) is 22.2 Å². The van der Waals surface area contributed by atoms with Gasteiger partial charge in [-0.3, -0.25) is 4.79 Å². The quantitative estimate of drug-likeness (QED) is 0.851. The van der Waals surface area contributed by atoms with Crippen molar-refractivity contribution in [2.24, 2.45) is 0 Å². The van der Waals surface area contributed by atoms with Crippen LogP contribution in [-0.2, 0) is 0 Å². The number of carbonyl (C=O) groups is 1. The van der Waals surface area contributed by atoms with Gasteiger partial charge in [-0.25, -0.2) is 9.97 Å². The van der Waals surface area contributed by atoms with Gasteiger partial charge in [0.15, 0.2) is 0 Å². The molecule has 0 aliphatic heterocycles. The Hall–Kier alpha value is -2.63. The van der Waals surface area contributed by atoms with E-state index in [-0.39, 0.29) is 5.91 Å². The predicted octanol–water partition coefficient (Wildman–Crippen LogP) is 2.97. The molecule has 0 fully saturated rings. The van der Waals surface area contributed by atoms with Crippen LogP contribution in [0, 0.1) is 0 Å². The molecule has 0 saturated carbocycles. The topological polar surface area (TPSA) is 67.4 Å². The number of nitrogens with zero attached hydrogens (tertiary/aromatic N) is 3. The van der Waals surface area contributed by atoms with Gasteiger partial charge in [-0.1, -0.05) is 13.3 Å². The zero-order valence-corrected chi connectivity index (χ0v) is 13.7. The van der Waals surface area contributed by atoms with E-state index in [1.807, 2.05) is 11.9 Å². The SMILES string of the molecule is CCCCN(C)c1nccc(C(=O)Nc2ccc(OC)cc2)n1. The molecule has 6 nitrogen and oxygen atoms in total. The summed E-state index contributed by atoms with van der Waals surface area (Å²) < 4.78 is 5.09. The summed E-state index contributed by atoms with van der Waals surface area (Å²) in [4.78, 5) is 22.8. The molecule has 1 aromatic heterocycles. The zero-order valence-electron chi connectivity index (χ0n) is 13.7. The van der Waals surface area contributed by atoms with Crippen LogP contribution in [0.25, 0.3) is 0 Å². The number of anilines is 2. The van der Waals surface area contributed by atoms with E-state index in [1.54, 1.807) is 43.6 Å². The van der Waals surface area contributed by atoms with Crippen LogP contribution >= 0.6 is 0 Å². The molecule has 0 bridgehead atoms. The first-order valence-corrected chi connectivity index (χ1v) is 7.63. The standard InChI is InChI=1S/C17H22N4O2/c1-4-5-12-21(2)17-18-11-10-15(20-17)16(22)19-13-6-8-14(23-3)9-7-13/h6-11H,4-5,12H2,1-3H3,(H,19,22). The molecule has 23 heavy (non-hydrogen) atoms. The molecule has 0 aliphatic carbocycles. The highest BCUT2D eigenvalue weighted by Gasteiger charge is 2.11. The maximum atomic E-state index is 12.3. The molecule has 6 heteroatoms. The fourth-order valence-corrected chi connectivity index (χ4v) is 2.02. The summed E-state index contributed by atoms with van der Waals surface area (Å²) >= 11 is 0. The van der Waals surface area contributed by atoms with Crippen LogP contribution in [0.2, 0.25) is 0 Å². The van der Waals surface area contributed by atoms with Gasteiger partial charge >= 0.3 is 0 Å². The van der Waals surface area contributed by atoms with Gasteiger partial charge in [0.2, 0.25) is 5.95 Å². The number of carbonyl (C=O) groups excluding carboxylic acids is 1. The van der Waals surface area contributed by atoms with Gasteiger partial charge in [-0.15, -0.1) is 0 Å². The molecule has 2 aromatic rings. The molecule has 0 radical (unpaired) electrons. The minimum atomic E-state index is -0.261. The number of ether oxygens (including phenoxy) is 1. The van der Waals surface area contributed by atoms with Crippen molar-refractivity contribution in [1.29, 1.82) is 0 Å². The fraction of sp³-hybridized carbons (Fsp3) is 0.353. The average Bonchev–Trinajstić information content (AvgIpc) is 2.60. The number of aromatic nitrogens is 2. The van der Waals surface area contributed by atoms with Crippen LogP contribution in [0.15, 0.2) is 36.5 Å². The van der Waals surface area contributed by atoms with Crippen molar-refractivity contribution < 1.29 is 9.53 Å². The van der Waals surface area contributed by atoms with E-state index in [9.17, 15) is 4.79 Å². The largest absolute Gasteiger partial charge is 0.497 e. The van der Waals surface area contributed by atoms with Gasteiger partial charge < -0.3 is 15.0 Å².